The summed E-state index contributed by atoms with van der Waals surface area (Å²) >= 11 is 5.83. The Bertz CT molecular complexity index is 885. The molecule has 0 fully saturated rings. The SMILES string of the molecule is COc1ccc(/C=C(/C#N)C(=O)Nc2cc(C(F)(F)F)ccc2Cl)cc1. The van der Waals surface area contributed by atoms with Crippen LogP contribution in [0.2, 0.25) is 5.02 Å². The van der Waals surface area contributed by atoms with Crippen molar-refractivity contribution >= 4 is 29.3 Å². The summed E-state index contributed by atoms with van der Waals surface area (Å²) in [5.74, 6) is -0.273. The van der Waals surface area contributed by atoms with Crippen LogP contribution in [0.3, 0.4) is 0 Å². The summed E-state index contributed by atoms with van der Waals surface area (Å²) < 4.78 is 43.4. The molecule has 0 aliphatic rings. The summed E-state index contributed by atoms with van der Waals surface area (Å²) in [5, 5.41) is 11.3. The average Bonchev–Trinajstić information content (AvgIpc) is 2.61. The molecular formula is C18H12ClF3N2O2. The highest BCUT2D eigenvalue weighted by molar-refractivity contribution is 6.34. The van der Waals surface area contributed by atoms with Gasteiger partial charge in [0.15, 0.2) is 0 Å². The number of amides is 1. The fraction of sp³-hybridized carbons (Fsp3) is 0.111. The molecule has 0 aliphatic carbocycles. The zero-order valence-electron chi connectivity index (χ0n) is 13.4. The van der Waals surface area contributed by atoms with E-state index >= 15 is 0 Å². The smallest absolute Gasteiger partial charge is 0.416 e. The van der Waals surface area contributed by atoms with Gasteiger partial charge in [-0.3, -0.25) is 4.79 Å². The fourth-order valence-corrected chi connectivity index (χ4v) is 2.17. The lowest BCUT2D eigenvalue weighted by molar-refractivity contribution is -0.137. The number of anilines is 1. The van der Waals surface area contributed by atoms with E-state index in [1.165, 1.54) is 13.2 Å². The van der Waals surface area contributed by atoms with Crippen LogP contribution in [0.5, 0.6) is 5.75 Å². The number of ether oxygens (including phenoxy) is 1. The normalized spacial score (nSPS) is 11.6. The number of methoxy groups -OCH3 is 1. The van der Waals surface area contributed by atoms with Gasteiger partial charge in [-0.25, -0.2) is 0 Å². The third-order valence-corrected chi connectivity index (χ3v) is 3.66. The predicted molar refractivity (Wildman–Crippen MR) is 91.7 cm³/mol. The van der Waals surface area contributed by atoms with Crippen molar-refractivity contribution in [2.75, 3.05) is 12.4 Å². The van der Waals surface area contributed by atoms with Crippen LogP contribution in [0.1, 0.15) is 11.1 Å². The Morgan fingerprint density at radius 2 is 1.88 bits per heavy atom. The second-order valence-electron chi connectivity index (χ2n) is 5.09. The van der Waals surface area contributed by atoms with Crippen molar-refractivity contribution in [1.82, 2.24) is 0 Å². The third-order valence-electron chi connectivity index (χ3n) is 3.33. The second kappa shape index (κ2) is 7.93. The molecule has 1 N–H and O–H groups in total. The Hall–Kier alpha value is -2.98. The van der Waals surface area contributed by atoms with Crippen LogP contribution in [0, 0.1) is 11.3 Å². The number of nitrogens with zero attached hydrogens (tertiary/aromatic N) is 1. The lowest BCUT2D eigenvalue weighted by Crippen LogP contribution is -2.15. The highest BCUT2D eigenvalue weighted by Gasteiger charge is 2.31. The molecule has 0 radical (unpaired) electrons. The van der Waals surface area contributed by atoms with Gasteiger partial charge in [0.1, 0.15) is 17.4 Å². The van der Waals surface area contributed by atoms with Gasteiger partial charge in [-0.2, -0.15) is 18.4 Å². The molecule has 2 aromatic carbocycles. The van der Waals surface area contributed by atoms with Gasteiger partial charge in [-0.15, -0.1) is 0 Å². The van der Waals surface area contributed by atoms with Crippen molar-refractivity contribution in [2.24, 2.45) is 0 Å². The summed E-state index contributed by atoms with van der Waals surface area (Å²) in [5.41, 5.74) is -0.937. The lowest BCUT2D eigenvalue weighted by Gasteiger charge is -2.11. The highest BCUT2D eigenvalue weighted by atomic mass is 35.5. The van der Waals surface area contributed by atoms with Gasteiger partial charge in [0.05, 0.1) is 23.4 Å². The Morgan fingerprint density at radius 1 is 1.23 bits per heavy atom. The van der Waals surface area contributed by atoms with Crippen LogP contribution < -0.4 is 10.1 Å². The summed E-state index contributed by atoms with van der Waals surface area (Å²) in [6, 6.07) is 10.8. The average molecular weight is 381 g/mol. The van der Waals surface area contributed by atoms with Gasteiger partial charge in [0.25, 0.3) is 5.91 Å². The van der Waals surface area contributed by atoms with Crippen LogP contribution in [0.4, 0.5) is 18.9 Å². The largest absolute Gasteiger partial charge is 0.497 e. The zero-order valence-corrected chi connectivity index (χ0v) is 14.2. The van der Waals surface area contributed by atoms with Crippen molar-refractivity contribution in [3.05, 3.63) is 64.2 Å². The maximum absolute atomic E-state index is 12.8. The minimum absolute atomic E-state index is 0.0758. The number of benzene rings is 2. The van der Waals surface area contributed by atoms with Crippen LogP contribution in [0.25, 0.3) is 6.08 Å². The molecule has 134 valence electrons. The molecule has 8 heteroatoms. The number of hydrogen-bond acceptors (Lipinski definition) is 3. The lowest BCUT2D eigenvalue weighted by atomic mass is 10.1. The van der Waals surface area contributed by atoms with E-state index in [1.807, 2.05) is 0 Å². The molecule has 2 rings (SSSR count). The van der Waals surface area contributed by atoms with E-state index in [4.69, 9.17) is 16.3 Å². The van der Waals surface area contributed by atoms with Gasteiger partial charge in [0.2, 0.25) is 0 Å². The van der Waals surface area contributed by atoms with Crippen molar-refractivity contribution in [3.63, 3.8) is 0 Å². The van der Waals surface area contributed by atoms with E-state index in [-0.39, 0.29) is 16.3 Å². The number of carbonyl (C=O) groups is 1. The maximum Gasteiger partial charge on any atom is 0.416 e. The third kappa shape index (κ3) is 4.77. The van der Waals surface area contributed by atoms with Crippen LogP contribution >= 0.6 is 11.6 Å². The predicted octanol–water partition coefficient (Wildman–Crippen LogP) is 4.91. The molecule has 0 heterocycles. The topological polar surface area (TPSA) is 62.1 Å². The monoisotopic (exact) mass is 380 g/mol. The Balaban J connectivity index is 2.27. The molecule has 26 heavy (non-hydrogen) atoms. The Morgan fingerprint density at radius 3 is 2.42 bits per heavy atom. The molecule has 1 amide bonds. The number of halogens is 4. The molecule has 0 saturated carbocycles. The summed E-state index contributed by atoms with van der Waals surface area (Å²) in [6.45, 7) is 0. The molecule has 0 atom stereocenters. The maximum atomic E-state index is 12.8. The first-order chi connectivity index (χ1) is 12.2. The number of alkyl halides is 3. The second-order valence-corrected chi connectivity index (χ2v) is 5.50. The van der Waals surface area contributed by atoms with Crippen LogP contribution in [-0.4, -0.2) is 13.0 Å². The number of carbonyl (C=O) groups excluding carboxylic acids is 1. The standard InChI is InChI=1S/C18H12ClF3N2O2/c1-26-14-5-2-11(3-6-14)8-12(10-23)17(25)24-16-9-13(18(20,21)22)4-7-15(16)19/h2-9H,1H3,(H,24,25)/b12-8-. The molecule has 0 spiro atoms. The minimum atomic E-state index is -4.58. The number of nitrogens with one attached hydrogen (secondary N) is 1. The Kier molecular flexibility index (Phi) is 5.90. The molecule has 4 nitrogen and oxygen atoms in total. The van der Waals surface area contributed by atoms with Gasteiger partial charge in [-0.05, 0) is 42.0 Å². The number of hydrogen-bond donors (Lipinski definition) is 1. The van der Waals surface area contributed by atoms with E-state index < -0.39 is 17.6 Å². The molecule has 0 aromatic heterocycles. The fourth-order valence-electron chi connectivity index (χ4n) is 2.00. The van der Waals surface area contributed by atoms with Gasteiger partial charge < -0.3 is 10.1 Å². The van der Waals surface area contributed by atoms with E-state index in [9.17, 15) is 23.2 Å². The summed E-state index contributed by atoms with van der Waals surface area (Å²) in [6.07, 6.45) is -3.28. The molecule has 0 unspecified atom stereocenters. The first kappa shape index (κ1) is 19.3. The summed E-state index contributed by atoms with van der Waals surface area (Å²) in [7, 11) is 1.50. The van der Waals surface area contributed by atoms with Crippen molar-refractivity contribution in [1.29, 1.82) is 5.26 Å². The van der Waals surface area contributed by atoms with Crippen molar-refractivity contribution in [3.8, 4) is 11.8 Å². The van der Waals surface area contributed by atoms with Gasteiger partial charge >= 0.3 is 6.18 Å². The molecule has 0 saturated heterocycles. The van der Waals surface area contributed by atoms with E-state index in [2.05, 4.69) is 5.32 Å². The van der Waals surface area contributed by atoms with E-state index in [0.717, 1.165) is 12.1 Å². The first-order valence-electron chi connectivity index (χ1n) is 7.18. The van der Waals surface area contributed by atoms with Crippen molar-refractivity contribution in [2.45, 2.75) is 6.18 Å². The van der Waals surface area contributed by atoms with Crippen LogP contribution in [-0.2, 0) is 11.0 Å². The van der Waals surface area contributed by atoms with E-state index in [0.29, 0.717) is 17.4 Å². The number of rotatable bonds is 4. The quantitative estimate of drug-likeness (QED) is 0.605. The minimum Gasteiger partial charge on any atom is -0.497 e. The molecular weight excluding hydrogens is 369 g/mol. The van der Waals surface area contributed by atoms with Crippen LogP contribution in [0.15, 0.2) is 48.0 Å². The zero-order chi connectivity index (χ0) is 19.3. The van der Waals surface area contributed by atoms with Crippen molar-refractivity contribution < 1.29 is 22.7 Å². The molecule has 0 aliphatic heterocycles. The van der Waals surface area contributed by atoms with E-state index in [1.54, 1.807) is 30.3 Å². The molecule has 2 aromatic rings. The summed E-state index contributed by atoms with van der Waals surface area (Å²) in [4.78, 5) is 12.2. The number of nitriles is 1. The highest BCUT2D eigenvalue weighted by Crippen LogP contribution is 2.34. The van der Waals surface area contributed by atoms with Gasteiger partial charge in [-0.1, -0.05) is 23.7 Å². The van der Waals surface area contributed by atoms with Gasteiger partial charge in [0, 0.05) is 0 Å². The Labute approximate surface area is 152 Å². The molecule has 0 bridgehead atoms. The first-order valence-corrected chi connectivity index (χ1v) is 7.56.